The summed E-state index contributed by atoms with van der Waals surface area (Å²) >= 11 is 0. The maximum Gasteiger partial charge on any atom is 0.298 e. The molecule has 0 atom stereocenters. The minimum atomic E-state index is -4.54. The van der Waals surface area contributed by atoms with E-state index in [-0.39, 0.29) is 5.75 Å². The molecule has 0 spiro atoms. The van der Waals surface area contributed by atoms with Crippen molar-refractivity contribution in [1.82, 2.24) is 0 Å². The van der Waals surface area contributed by atoms with Crippen LogP contribution in [0.1, 0.15) is 83.1 Å². The molecule has 0 fully saturated rings. The molecule has 0 heterocycles. The number of para-hydroxylation sites is 1. The van der Waals surface area contributed by atoms with E-state index >= 15 is 0 Å². The normalized spacial score (nSPS) is 11.5. The standard InChI is InChI=1S/C25H36O5S/c1-2-3-4-5-6-7-8-9-10-11-13-16-21-19-20-23(31(27,28)29)24(26)25(21)30-22-17-14-12-15-18-22/h12,14-15,17-20,26H,2-11,13,16H2,1H3,(H,27,28,29). The van der Waals surface area contributed by atoms with E-state index in [0.29, 0.717) is 12.2 Å². The van der Waals surface area contributed by atoms with E-state index in [9.17, 15) is 18.1 Å². The van der Waals surface area contributed by atoms with Gasteiger partial charge in [-0.25, -0.2) is 0 Å². The van der Waals surface area contributed by atoms with E-state index < -0.39 is 20.8 Å². The second-order valence-corrected chi connectivity index (χ2v) is 9.47. The average Bonchev–Trinajstić information content (AvgIpc) is 2.74. The van der Waals surface area contributed by atoms with Crippen LogP contribution < -0.4 is 4.74 Å². The first-order valence-corrected chi connectivity index (χ1v) is 12.9. The SMILES string of the molecule is CCCCCCCCCCCCCc1ccc(S(=O)(=O)O)c(O)c1Oc1ccccc1. The van der Waals surface area contributed by atoms with Gasteiger partial charge in [-0.05, 0) is 36.6 Å². The van der Waals surface area contributed by atoms with Crippen LogP contribution in [0.25, 0.3) is 0 Å². The summed E-state index contributed by atoms with van der Waals surface area (Å²) in [6.45, 7) is 2.24. The van der Waals surface area contributed by atoms with E-state index in [1.807, 2.05) is 6.07 Å². The molecule has 0 aliphatic carbocycles. The average molecular weight is 449 g/mol. The highest BCUT2D eigenvalue weighted by atomic mass is 32.2. The van der Waals surface area contributed by atoms with Gasteiger partial charge in [0.05, 0.1) is 0 Å². The van der Waals surface area contributed by atoms with Crippen molar-refractivity contribution in [2.24, 2.45) is 0 Å². The lowest BCUT2D eigenvalue weighted by Crippen LogP contribution is -2.02. The lowest BCUT2D eigenvalue weighted by Gasteiger charge is -2.15. The molecular weight excluding hydrogens is 412 g/mol. The number of phenolic OH excluding ortho intramolecular Hbond substituents is 1. The molecule has 0 saturated heterocycles. The molecule has 6 heteroatoms. The van der Waals surface area contributed by atoms with Gasteiger partial charge in [0.1, 0.15) is 10.6 Å². The van der Waals surface area contributed by atoms with E-state index in [1.54, 1.807) is 30.3 Å². The first-order chi connectivity index (χ1) is 14.9. The van der Waals surface area contributed by atoms with Crippen molar-refractivity contribution in [3.05, 3.63) is 48.0 Å². The van der Waals surface area contributed by atoms with Crippen LogP contribution in [0, 0.1) is 0 Å². The molecule has 0 amide bonds. The Morgan fingerprint density at radius 3 is 1.87 bits per heavy atom. The third kappa shape index (κ3) is 8.91. The number of aryl methyl sites for hydroxylation is 1. The molecule has 2 N–H and O–H groups in total. The summed E-state index contributed by atoms with van der Waals surface area (Å²) in [5.41, 5.74) is 0.727. The Balaban J connectivity index is 1.88. The van der Waals surface area contributed by atoms with Crippen LogP contribution in [-0.2, 0) is 16.5 Å². The highest BCUT2D eigenvalue weighted by Crippen LogP contribution is 2.40. The highest BCUT2D eigenvalue weighted by Gasteiger charge is 2.22. The molecule has 31 heavy (non-hydrogen) atoms. The predicted molar refractivity (Wildman–Crippen MR) is 125 cm³/mol. The second-order valence-electron chi connectivity index (χ2n) is 8.08. The zero-order chi connectivity index (χ0) is 22.5. The number of benzene rings is 2. The Kier molecular flexibility index (Phi) is 10.9. The molecule has 0 aliphatic rings. The molecule has 0 saturated carbocycles. The third-order valence-corrected chi connectivity index (χ3v) is 6.35. The Morgan fingerprint density at radius 1 is 0.774 bits per heavy atom. The number of phenols is 1. The molecule has 0 aromatic heterocycles. The minimum absolute atomic E-state index is 0.0911. The number of hydrogen-bond donors (Lipinski definition) is 2. The van der Waals surface area contributed by atoms with E-state index in [4.69, 9.17) is 4.74 Å². The van der Waals surface area contributed by atoms with Crippen molar-refractivity contribution in [1.29, 1.82) is 0 Å². The van der Waals surface area contributed by atoms with Gasteiger partial charge in [-0.15, -0.1) is 0 Å². The summed E-state index contributed by atoms with van der Waals surface area (Å²) in [4.78, 5) is -0.541. The van der Waals surface area contributed by atoms with Crippen molar-refractivity contribution in [3.63, 3.8) is 0 Å². The van der Waals surface area contributed by atoms with E-state index in [1.165, 1.54) is 63.9 Å². The fourth-order valence-electron chi connectivity index (χ4n) is 3.70. The number of ether oxygens (including phenoxy) is 1. The summed E-state index contributed by atoms with van der Waals surface area (Å²) in [5.74, 6) is 0.0332. The van der Waals surface area contributed by atoms with Gasteiger partial charge in [-0.2, -0.15) is 8.42 Å². The van der Waals surface area contributed by atoms with Crippen LogP contribution in [0.15, 0.2) is 47.4 Å². The summed E-state index contributed by atoms with van der Waals surface area (Å²) in [6, 6.07) is 11.7. The maximum atomic E-state index is 11.6. The molecule has 2 aromatic carbocycles. The van der Waals surface area contributed by atoms with E-state index in [2.05, 4.69) is 6.92 Å². The van der Waals surface area contributed by atoms with Crippen LogP contribution in [0.4, 0.5) is 0 Å². The van der Waals surface area contributed by atoms with Crippen molar-refractivity contribution < 1.29 is 22.8 Å². The van der Waals surface area contributed by atoms with Crippen molar-refractivity contribution in [2.75, 3.05) is 0 Å². The highest BCUT2D eigenvalue weighted by molar-refractivity contribution is 7.86. The van der Waals surface area contributed by atoms with Gasteiger partial charge in [-0.1, -0.05) is 95.4 Å². The Bertz CT molecular complexity index is 878. The largest absolute Gasteiger partial charge is 0.503 e. The van der Waals surface area contributed by atoms with Crippen molar-refractivity contribution >= 4 is 10.1 Å². The number of hydrogen-bond acceptors (Lipinski definition) is 4. The summed E-state index contributed by atoms with van der Waals surface area (Å²) in [7, 11) is -4.54. The first-order valence-electron chi connectivity index (χ1n) is 11.5. The zero-order valence-corrected chi connectivity index (χ0v) is 19.4. The van der Waals surface area contributed by atoms with Crippen LogP contribution in [0.2, 0.25) is 0 Å². The van der Waals surface area contributed by atoms with E-state index in [0.717, 1.165) is 18.4 Å². The summed E-state index contributed by atoms with van der Waals surface area (Å²) < 4.78 is 38.3. The van der Waals surface area contributed by atoms with Gasteiger partial charge < -0.3 is 9.84 Å². The molecule has 172 valence electrons. The van der Waals surface area contributed by atoms with Crippen molar-refractivity contribution in [2.45, 2.75) is 88.9 Å². The molecule has 0 aliphatic heterocycles. The third-order valence-electron chi connectivity index (χ3n) is 5.47. The van der Waals surface area contributed by atoms with Gasteiger partial charge in [0.2, 0.25) is 0 Å². The van der Waals surface area contributed by atoms with Crippen LogP contribution in [0.5, 0.6) is 17.2 Å². The monoisotopic (exact) mass is 448 g/mol. The van der Waals surface area contributed by atoms with Crippen LogP contribution in [-0.4, -0.2) is 18.1 Å². The van der Waals surface area contributed by atoms with Gasteiger partial charge in [0, 0.05) is 0 Å². The summed E-state index contributed by atoms with van der Waals surface area (Å²) in [6.07, 6.45) is 14.3. The number of rotatable bonds is 15. The molecule has 2 rings (SSSR count). The van der Waals surface area contributed by atoms with Gasteiger partial charge in [0.15, 0.2) is 11.5 Å². The molecule has 2 aromatic rings. The molecular formula is C25H36O5S. The van der Waals surface area contributed by atoms with Crippen LogP contribution in [0.3, 0.4) is 0 Å². The van der Waals surface area contributed by atoms with Crippen LogP contribution >= 0.6 is 0 Å². The van der Waals surface area contributed by atoms with Gasteiger partial charge in [0.25, 0.3) is 10.1 Å². The van der Waals surface area contributed by atoms with Gasteiger partial charge >= 0.3 is 0 Å². The Hall–Kier alpha value is -2.05. The fraction of sp³-hybridized carbons (Fsp3) is 0.520. The Labute approximate surface area is 187 Å². The second kappa shape index (κ2) is 13.4. The lowest BCUT2D eigenvalue weighted by atomic mass is 10.0. The topological polar surface area (TPSA) is 83.8 Å². The minimum Gasteiger partial charge on any atom is -0.503 e. The maximum absolute atomic E-state index is 11.6. The van der Waals surface area contributed by atoms with Crippen molar-refractivity contribution in [3.8, 4) is 17.2 Å². The molecule has 0 radical (unpaired) electrons. The Morgan fingerprint density at radius 2 is 1.32 bits per heavy atom. The number of unbranched alkanes of at least 4 members (excludes halogenated alkanes) is 10. The smallest absolute Gasteiger partial charge is 0.298 e. The zero-order valence-electron chi connectivity index (χ0n) is 18.6. The predicted octanol–water partition coefficient (Wildman–Crippen LogP) is 7.28. The molecule has 5 nitrogen and oxygen atoms in total. The molecule has 0 unspecified atom stereocenters. The summed E-state index contributed by atoms with van der Waals surface area (Å²) in [5, 5.41) is 10.5. The van der Waals surface area contributed by atoms with Gasteiger partial charge in [-0.3, -0.25) is 4.55 Å². The molecule has 0 bridgehead atoms. The number of aromatic hydroxyl groups is 1. The quantitative estimate of drug-likeness (QED) is 0.221. The first kappa shape index (κ1) is 25.2. The fourth-order valence-corrected chi connectivity index (χ4v) is 4.28. The lowest BCUT2D eigenvalue weighted by molar-refractivity contribution is 0.391.